The third-order valence-electron chi connectivity index (χ3n) is 5.09. The molecule has 0 saturated carbocycles. The molecular weight excluding hydrogens is 460 g/mol. The zero-order valence-electron chi connectivity index (χ0n) is 16.7. The SMILES string of the molecule is Cc1ccc(Sc2nccnc2N2CCC[C@@H](C(=O)Nc3ccc(Br)cc3)C2)cc1. The summed E-state index contributed by atoms with van der Waals surface area (Å²) in [5.74, 6) is 0.824. The first kappa shape index (κ1) is 20.9. The fourth-order valence-electron chi connectivity index (χ4n) is 3.49. The van der Waals surface area contributed by atoms with Gasteiger partial charge in [-0.05, 0) is 56.2 Å². The molecule has 1 aliphatic rings. The number of carbonyl (C=O) groups is 1. The fourth-order valence-corrected chi connectivity index (χ4v) is 4.63. The van der Waals surface area contributed by atoms with E-state index in [0.717, 1.165) is 45.3 Å². The standard InChI is InChI=1S/C23H23BrN4OS/c1-16-4-10-20(11-5-16)30-23-21(25-12-13-26-23)28-14-2-3-17(15-28)22(29)27-19-8-6-18(24)7-9-19/h4-13,17H,2-3,14-15H2,1H3,(H,27,29)/t17-/m1/s1. The Labute approximate surface area is 189 Å². The van der Waals surface area contributed by atoms with Gasteiger partial charge >= 0.3 is 0 Å². The molecule has 1 atom stereocenters. The minimum atomic E-state index is -0.0818. The van der Waals surface area contributed by atoms with Gasteiger partial charge in [0.2, 0.25) is 5.91 Å². The lowest BCUT2D eigenvalue weighted by Crippen LogP contribution is -2.41. The number of rotatable bonds is 5. The summed E-state index contributed by atoms with van der Waals surface area (Å²) in [5, 5.41) is 3.91. The molecule has 5 nitrogen and oxygen atoms in total. The fraction of sp³-hybridized carbons (Fsp3) is 0.261. The molecule has 2 aromatic carbocycles. The monoisotopic (exact) mass is 482 g/mol. The van der Waals surface area contributed by atoms with Crippen molar-refractivity contribution in [1.82, 2.24) is 9.97 Å². The second kappa shape index (κ2) is 9.62. The third-order valence-corrected chi connectivity index (χ3v) is 6.60. The Hall–Kier alpha value is -2.38. The molecule has 0 bridgehead atoms. The van der Waals surface area contributed by atoms with Crippen LogP contribution in [0.4, 0.5) is 11.5 Å². The Morgan fingerprint density at radius 1 is 1.10 bits per heavy atom. The first-order chi connectivity index (χ1) is 14.6. The summed E-state index contributed by atoms with van der Waals surface area (Å²) >= 11 is 5.03. The van der Waals surface area contributed by atoms with Crippen molar-refractivity contribution in [3.8, 4) is 0 Å². The maximum Gasteiger partial charge on any atom is 0.229 e. The van der Waals surface area contributed by atoms with E-state index >= 15 is 0 Å². The Bertz CT molecular complexity index is 1010. The normalized spacial score (nSPS) is 16.3. The van der Waals surface area contributed by atoms with E-state index in [-0.39, 0.29) is 11.8 Å². The van der Waals surface area contributed by atoms with Crippen molar-refractivity contribution in [2.24, 2.45) is 5.92 Å². The maximum absolute atomic E-state index is 12.8. The molecule has 0 unspecified atom stereocenters. The summed E-state index contributed by atoms with van der Waals surface area (Å²) in [6.07, 6.45) is 5.27. The Kier molecular flexibility index (Phi) is 6.69. The van der Waals surface area contributed by atoms with Crippen LogP contribution in [0.3, 0.4) is 0 Å². The number of hydrogen-bond acceptors (Lipinski definition) is 5. The highest BCUT2D eigenvalue weighted by Crippen LogP contribution is 2.34. The molecule has 1 amide bonds. The quantitative estimate of drug-likeness (QED) is 0.516. The predicted molar refractivity (Wildman–Crippen MR) is 125 cm³/mol. The van der Waals surface area contributed by atoms with Gasteiger partial charge in [0.25, 0.3) is 0 Å². The number of aromatic nitrogens is 2. The van der Waals surface area contributed by atoms with Gasteiger partial charge in [-0.3, -0.25) is 4.79 Å². The minimum Gasteiger partial charge on any atom is -0.354 e. The average molecular weight is 483 g/mol. The van der Waals surface area contributed by atoms with Crippen LogP contribution in [-0.4, -0.2) is 29.0 Å². The van der Waals surface area contributed by atoms with Crippen LogP contribution < -0.4 is 10.2 Å². The molecule has 1 fully saturated rings. The lowest BCUT2D eigenvalue weighted by atomic mass is 9.97. The van der Waals surface area contributed by atoms with Crippen molar-refractivity contribution in [1.29, 1.82) is 0 Å². The van der Waals surface area contributed by atoms with Gasteiger partial charge in [-0.25, -0.2) is 9.97 Å². The molecule has 1 N–H and O–H groups in total. The first-order valence-corrected chi connectivity index (χ1v) is 11.6. The zero-order valence-corrected chi connectivity index (χ0v) is 19.1. The highest BCUT2D eigenvalue weighted by atomic mass is 79.9. The van der Waals surface area contributed by atoms with Gasteiger partial charge in [0, 0.05) is 40.5 Å². The van der Waals surface area contributed by atoms with Gasteiger partial charge in [-0.15, -0.1) is 0 Å². The second-order valence-corrected chi connectivity index (χ2v) is 9.36. The molecule has 1 aromatic heterocycles. The summed E-state index contributed by atoms with van der Waals surface area (Å²) in [6, 6.07) is 16.1. The second-order valence-electron chi connectivity index (χ2n) is 7.38. The molecule has 0 aliphatic carbocycles. The molecule has 0 spiro atoms. The van der Waals surface area contributed by atoms with Crippen molar-refractivity contribution < 1.29 is 4.79 Å². The van der Waals surface area contributed by atoms with Gasteiger partial charge in [0.05, 0.1) is 5.92 Å². The molecule has 7 heteroatoms. The van der Waals surface area contributed by atoms with Crippen LogP contribution in [0.1, 0.15) is 18.4 Å². The number of carbonyl (C=O) groups excluding carboxylic acids is 1. The van der Waals surface area contributed by atoms with Crippen molar-refractivity contribution >= 4 is 45.1 Å². The highest BCUT2D eigenvalue weighted by Gasteiger charge is 2.28. The maximum atomic E-state index is 12.8. The van der Waals surface area contributed by atoms with Crippen molar-refractivity contribution in [2.45, 2.75) is 29.7 Å². The molecule has 0 radical (unpaired) electrons. The van der Waals surface area contributed by atoms with E-state index in [0.29, 0.717) is 6.54 Å². The van der Waals surface area contributed by atoms with Gasteiger partial charge < -0.3 is 10.2 Å². The van der Waals surface area contributed by atoms with E-state index in [2.05, 4.69) is 67.3 Å². The van der Waals surface area contributed by atoms with Crippen LogP contribution >= 0.6 is 27.7 Å². The number of amides is 1. The van der Waals surface area contributed by atoms with Crippen LogP contribution in [-0.2, 0) is 4.79 Å². The van der Waals surface area contributed by atoms with E-state index in [1.165, 1.54) is 5.56 Å². The number of anilines is 2. The largest absolute Gasteiger partial charge is 0.354 e. The van der Waals surface area contributed by atoms with Gasteiger partial charge in [0.1, 0.15) is 5.03 Å². The van der Waals surface area contributed by atoms with Crippen LogP contribution in [0.25, 0.3) is 0 Å². The summed E-state index contributed by atoms with van der Waals surface area (Å²) in [4.78, 5) is 25.3. The number of benzene rings is 2. The zero-order chi connectivity index (χ0) is 20.9. The van der Waals surface area contributed by atoms with Crippen LogP contribution in [0.5, 0.6) is 0 Å². The van der Waals surface area contributed by atoms with E-state index in [1.807, 2.05) is 24.3 Å². The topological polar surface area (TPSA) is 58.1 Å². The molecule has 4 rings (SSSR count). The molecule has 154 valence electrons. The van der Waals surface area contributed by atoms with E-state index in [4.69, 9.17) is 0 Å². The average Bonchev–Trinajstić information content (AvgIpc) is 2.77. The number of nitrogens with one attached hydrogen (secondary N) is 1. The van der Waals surface area contributed by atoms with Crippen molar-refractivity contribution in [3.63, 3.8) is 0 Å². The first-order valence-electron chi connectivity index (χ1n) is 9.95. The number of piperidine rings is 1. The molecule has 30 heavy (non-hydrogen) atoms. The van der Waals surface area contributed by atoms with Crippen molar-refractivity contribution in [3.05, 3.63) is 71.0 Å². The predicted octanol–water partition coefficient (Wildman–Crippen LogP) is 5.55. The Morgan fingerprint density at radius 2 is 1.83 bits per heavy atom. The van der Waals surface area contributed by atoms with E-state index in [9.17, 15) is 4.79 Å². The number of halogens is 1. The number of nitrogens with zero attached hydrogens (tertiary/aromatic N) is 3. The minimum absolute atomic E-state index is 0.0543. The third kappa shape index (κ3) is 5.21. The molecule has 1 saturated heterocycles. The number of hydrogen-bond donors (Lipinski definition) is 1. The number of aryl methyl sites for hydroxylation is 1. The Balaban J connectivity index is 1.47. The summed E-state index contributed by atoms with van der Waals surface area (Å²) in [7, 11) is 0. The van der Waals surface area contributed by atoms with Crippen molar-refractivity contribution in [2.75, 3.05) is 23.3 Å². The summed E-state index contributed by atoms with van der Waals surface area (Å²) in [5.41, 5.74) is 2.05. The van der Waals surface area contributed by atoms with Gasteiger partial charge in [0.15, 0.2) is 5.82 Å². The van der Waals surface area contributed by atoms with Gasteiger partial charge in [-0.1, -0.05) is 45.4 Å². The van der Waals surface area contributed by atoms with Crippen LogP contribution in [0, 0.1) is 12.8 Å². The lowest BCUT2D eigenvalue weighted by Gasteiger charge is -2.33. The summed E-state index contributed by atoms with van der Waals surface area (Å²) < 4.78 is 0.991. The molecule has 3 aromatic rings. The Morgan fingerprint density at radius 3 is 2.60 bits per heavy atom. The molecule has 2 heterocycles. The molecular formula is C23H23BrN4OS. The van der Waals surface area contributed by atoms with E-state index in [1.54, 1.807) is 24.2 Å². The highest BCUT2D eigenvalue weighted by molar-refractivity contribution is 9.10. The smallest absolute Gasteiger partial charge is 0.229 e. The van der Waals surface area contributed by atoms with Gasteiger partial charge in [-0.2, -0.15) is 0 Å². The summed E-state index contributed by atoms with van der Waals surface area (Å²) in [6.45, 7) is 3.60. The molecule has 1 aliphatic heterocycles. The van der Waals surface area contributed by atoms with E-state index < -0.39 is 0 Å². The van der Waals surface area contributed by atoms with Crippen LogP contribution in [0.2, 0.25) is 0 Å². The van der Waals surface area contributed by atoms with Crippen LogP contribution in [0.15, 0.2) is 75.3 Å². The lowest BCUT2D eigenvalue weighted by molar-refractivity contribution is -0.120.